The molecule has 1 aromatic rings. The van der Waals surface area contributed by atoms with E-state index < -0.39 is 0 Å². The summed E-state index contributed by atoms with van der Waals surface area (Å²) in [5.41, 5.74) is 6.80. The van der Waals surface area contributed by atoms with Gasteiger partial charge in [0.25, 0.3) is 0 Å². The van der Waals surface area contributed by atoms with Gasteiger partial charge in [0, 0.05) is 0 Å². The number of rotatable bonds is 10. The highest BCUT2D eigenvalue weighted by molar-refractivity contribution is 9.10. The number of hydrogen-bond acceptors (Lipinski definition) is 2. The molecule has 0 saturated heterocycles. The molecule has 108 valence electrons. The maximum absolute atomic E-state index is 5.80. The highest BCUT2D eigenvalue weighted by Crippen LogP contribution is 2.26. The third kappa shape index (κ3) is 6.98. The van der Waals surface area contributed by atoms with E-state index in [1.165, 1.54) is 37.7 Å². The molecule has 1 rings (SSSR count). The van der Waals surface area contributed by atoms with E-state index in [1.807, 2.05) is 6.07 Å². The second kappa shape index (κ2) is 10.3. The lowest BCUT2D eigenvalue weighted by molar-refractivity contribution is 0.302. The molecule has 0 spiro atoms. The Labute approximate surface area is 125 Å². The van der Waals surface area contributed by atoms with E-state index in [1.54, 1.807) is 0 Å². The van der Waals surface area contributed by atoms with Gasteiger partial charge in [0.1, 0.15) is 5.75 Å². The van der Waals surface area contributed by atoms with Gasteiger partial charge in [-0.2, -0.15) is 0 Å². The zero-order chi connectivity index (χ0) is 13.9. The van der Waals surface area contributed by atoms with Crippen LogP contribution in [0.2, 0.25) is 0 Å². The molecule has 19 heavy (non-hydrogen) atoms. The van der Waals surface area contributed by atoms with E-state index in [4.69, 9.17) is 10.5 Å². The molecule has 0 bridgehead atoms. The Kier molecular flexibility index (Phi) is 8.93. The predicted octanol–water partition coefficient (Wildman–Crippen LogP) is 4.69. The van der Waals surface area contributed by atoms with Crippen LogP contribution < -0.4 is 10.5 Å². The van der Waals surface area contributed by atoms with Crippen LogP contribution in [-0.4, -0.2) is 13.2 Å². The van der Waals surface area contributed by atoms with Gasteiger partial charge < -0.3 is 10.5 Å². The molecule has 0 unspecified atom stereocenters. The summed E-state index contributed by atoms with van der Waals surface area (Å²) in [7, 11) is 0. The van der Waals surface area contributed by atoms with Crippen molar-refractivity contribution in [3.63, 3.8) is 0 Å². The van der Waals surface area contributed by atoms with E-state index >= 15 is 0 Å². The van der Waals surface area contributed by atoms with Crippen LogP contribution in [0.25, 0.3) is 0 Å². The largest absolute Gasteiger partial charge is 0.492 e. The third-order valence-corrected chi connectivity index (χ3v) is 3.80. The number of nitrogens with two attached hydrogens (primary N) is 1. The van der Waals surface area contributed by atoms with Gasteiger partial charge in [-0.1, -0.05) is 45.1 Å². The summed E-state index contributed by atoms with van der Waals surface area (Å²) in [6, 6.07) is 6.23. The first-order valence-electron chi connectivity index (χ1n) is 7.39. The van der Waals surface area contributed by atoms with Crippen molar-refractivity contribution in [1.29, 1.82) is 0 Å². The smallest absolute Gasteiger partial charge is 0.133 e. The monoisotopic (exact) mass is 327 g/mol. The van der Waals surface area contributed by atoms with Crippen molar-refractivity contribution in [1.82, 2.24) is 0 Å². The minimum Gasteiger partial charge on any atom is -0.492 e. The molecule has 1 aromatic carbocycles. The lowest BCUT2D eigenvalue weighted by atomic mass is 10.1. The van der Waals surface area contributed by atoms with E-state index in [0.29, 0.717) is 6.54 Å². The van der Waals surface area contributed by atoms with Crippen LogP contribution in [-0.2, 0) is 6.42 Å². The number of unbranched alkanes of at least 4 members (excludes halogenated alkanes) is 5. The highest BCUT2D eigenvalue weighted by atomic mass is 79.9. The van der Waals surface area contributed by atoms with Gasteiger partial charge in [0.2, 0.25) is 0 Å². The SMILES string of the molecule is CCCCCCCCOc1ccc(CCN)cc1Br. The van der Waals surface area contributed by atoms with Crippen molar-refractivity contribution >= 4 is 15.9 Å². The van der Waals surface area contributed by atoms with E-state index in [0.717, 1.165) is 29.7 Å². The summed E-state index contributed by atoms with van der Waals surface area (Å²) >= 11 is 3.55. The molecule has 3 heteroatoms. The van der Waals surface area contributed by atoms with Crippen LogP contribution in [0.1, 0.15) is 51.0 Å². The maximum atomic E-state index is 5.80. The third-order valence-electron chi connectivity index (χ3n) is 3.18. The van der Waals surface area contributed by atoms with Crippen LogP contribution in [0.15, 0.2) is 22.7 Å². The van der Waals surface area contributed by atoms with Gasteiger partial charge in [-0.25, -0.2) is 0 Å². The lowest BCUT2D eigenvalue weighted by Gasteiger charge is -2.09. The fourth-order valence-corrected chi connectivity index (χ4v) is 2.59. The first-order chi connectivity index (χ1) is 9.27. The minimum atomic E-state index is 0.685. The quantitative estimate of drug-likeness (QED) is 0.633. The molecule has 0 fully saturated rings. The van der Waals surface area contributed by atoms with Gasteiger partial charge in [-0.15, -0.1) is 0 Å². The molecule has 0 aromatic heterocycles. The molecular weight excluding hydrogens is 302 g/mol. The number of benzene rings is 1. The summed E-state index contributed by atoms with van der Waals surface area (Å²) in [5, 5.41) is 0. The van der Waals surface area contributed by atoms with Crippen molar-refractivity contribution in [2.45, 2.75) is 51.9 Å². The molecule has 0 aliphatic carbocycles. The second-order valence-corrected chi connectivity index (χ2v) is 5.77. The molecule has 0 atom stereocenters. The van der Waals surface area contributed by atoms with Gasteiger partial charge >= 0.3 is 0 Å². The standard InChI is InChI=1S/C16H26BrNO/c1-2-3-4-5-6-7-12-19-16-9-8-14(10-11-18)13-15(16)17/h8-9,13H,2-7,10-12,18H2,1H3. The fraction of sp³-hybridized carbons (Fsp3) is 0.625. The zero-order valence-corrected chi connectivity index (χ0v) is 13.5. The maximum Gasteiger partial charge on any atom is 0.133 e. The van der Waals surface area contributed by atoms with Crippen LogP contribution in [0, 0.1) is 0 Å². The predicted molar refractivity (Wildman–Crippen MR) is 85.8 cm³/mol. The van der Waals surface area contributed by atoms with Crippen molar-refractivity contribution in [2.24, 2.45) is 5.73 Å². The van der Waals surface area contributed by atoms with Gasteiger partial charge in [-0.05, 0) is 53.0 Å². The average molecular weight is 328 g/mol. The summed E-state index contributed by atoms with van der Waals surface area (Å²) in [6.45, 7) is 3.74. The first-order valence-corrected chi connectivity index (χ1v) is 8.18. The van der Waals surface area contributed by atoms with E-state index in [-0.39, 0.29) is 0 Å². The Bertz CT molecular complexity index is 355. The Hall–Kier alpha value is -0.540. The van der Waals surface area contributed by atoms with Crippen molar-refractivity contribution in [3.8, 4) is 5.75 Å². The molecule has 0 heterocycles. The molecule has 2 N–H and O–H groups in total. The highest BCUT2D eigenvalue weighted by Gasteiger charge is 2.02. The number of halogens is 1. The van der Waals surface area contributed by atoms with E-state index in [9.17, 15) is 0 Å². The van der Waals surface area contributed by atoms with Gasteiger partial charge in [-0.3, -0.25) is 0 Å². The summed E-state index contributed by atoms with van der Waals surface area (Å²) < 4.78 is 6.83. The average Bonchev–Trinajstić information content (AvgIpc) is 2.40. The fourth-order valence-electron chi connectivity index (χ4n) is 2.05. The molecular formula is C16H26BrNO. The Balaban J connectivity index is 2.22. The van der Waals surface area contributed by atoms with Crippen LogP contribution in [0.4, 0.5) is 0 Å². The van der Waals surface area contributed by atoms with Gasteiger partial charge in [0.05, 0.1) is 11.1 Å². The Morgan fingerprint density at radius 3 is 2.53 bits per heavy atom. The summed E-state index contributed by atoms with van der Waals surface area (Å²) in [6.07, 6.45) is 8.66. The molecule has 0 saturated carbocycles. The van der Waals surface area contributed by atoms with Crippen molar-refractivity contribution in [2.75, 3.05) is 13.2 Å². The zero-order valence-electron chi connectivity index (χ0n) is 12.0. The van der Waals surface area contributed by atoms with E-state index in [2.05, 4.69) is 35.0 Å². The Morgan fingerprint density at radius 2 is 1.84 bits per heavy atom. The van der Waals surface area contributed by atoms with Crippen LogP contribution in [0.5, 0.6) is 5.75 Å². The topological polar surface area (TPSA) is 35.2 Å². The molecule has 0 radical (unpaired) electrons. The van der Waals surface area contributed by atoms with Crippen LogP contribution in [0.3, 0.4) is 0 Å². The number of ether oxygens (including phenoxy) is 1. The van der Waals surface area contributed by atoms with Crippen molar-refractivity contribution < 1.29 is 4.74 Å². The normalized spacial score (nSPS) is 10.7. The number of hydrogen-bond donors (Lipinski definition) is 1. The molecule has 2 nitrogen and oxygen atoms in total. The first kappa shape index (κ1) is 16.5. The molecule has 0 aliphatic heterocycles. The Morgan fingerprint density at radius 1 is 1.11 bits per heavy atom. The van der Waals surface area contributed by atoms with Crippen LogP contribution >= 0.6 is 15.9 Å². The minimum absolute atomic E-state index is 0.685. The molecule has 0 aliphatic rings. The summed E-state index contributed by atoms with van der Waals surface area (Å²) in [4.78, 5) is 0. The van der Waals surface area contributed by atoms with Gasteiger partial charge in [0.15, 0.2) is 0 Å². The van der Waals surface area contributed by atoms with Crippen molar-refractivity contribution in [3.05, 3.63) is 28.2 Å². The summed E-state index contributed by atoms with van der Waals surface area (Å²) in [5.74, 6) is 0.939. The molecule has 0 amide bonds. The second-order valence-electron chi connectivity index (χ2n) is 4.92. The lowest BCUT2D eigenvalue weighted by Crippen LogP contribution is -2.03.